The fraction of sp³-hybridized carbons (Fsp3) is 0.300. The number of rotatable bonds is 3. The molecule has 2 atom stereocenters. The van der Waals surface area contributed by atoms with E-state index in [1.807, 2.05) is 35.2 Å². The second-order valence-electron chi connectivity index (χ2n) is 6.77. The minimum Gasteiger partial charge on any atom is -0.335 e. The molecule has 3 heterocycles. The summed E-state index contributed by atoms with van der Waals surface area (Å²) in [6.07, 6.45) is 2.85. The number of nitrogens with zero attached hydrogens (tertiary/aromatic N) is 4. The maximum atomic E-state index is 13.0. The van der Waals surface area contributed by atoms with Crippen LogP contribution < -0.4 is 0 Å². The maximum Gasteiger partial charge on any atom is 0.276 e. The summed E-state index contributed by atoms with van der Waals surface area (Å²) < 4.78 is 18.3. The van der Waals surface area contributed by atoms with Crippen molar-refractivity contribution in [3.63, 3.8) is 0 Å². The van der Waals surface area contributed by atoms with Gasteiger partial charge in [-0.2, -0.15) is 4.98 Å². The normalized spacial score (nSPS) is 19.9. The molecule has 1 aromatic carbocycles. The Morgan fingerprint density at radius 1 is 1.19 bits per heavy atom. The molecular formula is C20H19FN4O2. The topological polar surface area (TPSA) is 72.1 Å². The van der Waals surface area contributed by atoms with Gasteiger partial charge in [-0.15, -0.1) is 0 Å². The number of pyridine rings is 1. The van der Waals surface area contributed by atoms with Gasteiger partial charge in [-0.25, -0.2) is 9.37 Å². The van der Waals surface area contributed by atoms with E-state index in [0.717, 1.165) is 19.0 Å². The quantitative estimate of drug-likeness (QED) is 0.707. The molecule has 1 aliphatic rings. The zero-order valence-electron chi connectivity index (χ0n) is 14.9. The summed E-state index contributed by atoms with van der Waals surface area (Å²) >= 11 is 0. The molecule has 0 spiro atoms. The molecule has 6 nitrogen and oxygen atoms in total. The van der Waals surface area contributed by atoms with Crippen molar-refractivity contribution < 1.29 is 13.7 Å². The predicted molar refractivity (Wildman–Crippen MR) is 96.4 cm³/mol. The standard InChI is InChI=1S/C20H19FN4O2/c1-13-7-8-15(12-25(13)20(26)14-5-3-2-4-6-14)18-23-19(27-24-18)17-10-9-16(21)11-22-17/h2-6,9-11,13,15H,7-8,12H2,1H3/t13-,15+/m1/s1. The molecule has 1 aliphatic heterocycles. The van der Waals surface area contributed by atoms with Crippen molar-refractivity contribution in [1.29, 1.82) is 0 Å². The van der Waals surface area contributed by atoms with Crippen molar-refractivity contribution in [3.05, 3.63) is 65.9 Å². The van der Waals surface area contributed by atoms with Gasteiger partial charge in [0.1, 0.15) is 11.5 Å². The summed E-state index contributed by atoms with van der Waals surface area (Å²) in [4.78, 5) is 23.1. The number of likely N-dealkylation sites (tertiary alicyclic amines) is 1. The van der Waals surface area contributed by atoms with Crippen molar-refractivity contribution >= 4 is 5.91 Å². The van der Waals surface area contributed by atoms with E-state index >= 15 is 0 Å². The molecule has 1 fully saturated rings. The molecule has 0 N–H and O–H groups in total. The average Bonchev–Trinajstić information content (AvgIpc) is 3.19. The molecule has 0 aliphatic carbocycles. The van der Waals surface area contributed by atoms with Crippen LogP contribution >= 0.6 is 0 Å². The average molecular weight is 366 g/mol. The molecule has 0 radical (unpaired) electrons. The first-order valence-corrected chi connectivity index (χ1v) is 8.93. The number of hydrogen-bond acceptors (Lipinski definition) is 5. The molecule has 7 heteroatoms. The van der Waals surface area contributed by atoms with E-state index in [1.54, 1.807) is 0 Å². The summed E-state index contributed by atoms with van der Waals surface area (Å²) in [5.41, 5.74) is 1.10. The number of aromatic nitrogens is 3. The van der Waals surface area contributed by atoms with E-state index in [2.05, 4.69) is 22.0 Å². The van der Waals surface area contributed by atoms with Crippen molar-refractivity contribution in [2.45, 2.75) is 31.7 Å². The Hall–Kier alpha value is -3.09. The summed E-state index contributed by atoms with van der Waals surface area (Å²) in [6, 6.07) is 12.2. The lowest BCUT2D eigenvalue weighted by Gasteiger charge is -2.37. The zero-order valence-corrected chi connectivity index (χ0v) is 14.9. The Morgan fingerprint density at radius 3 is 2.74 bits per heavy atom. The highest BCUT2D eigenvalue weighted by atomic mass is 19.1. The second kappa shape index (κ2) is 7.26. The number of carbonyl (C=O) groups is 1. The first-order valence-electron chi connectivity index (χ1n) is 8.93. The van der Waals surface area contributed by atoms with Gasteiger partial charge in [0.2, 0.25) is 0 Å². The van der Waals surface area contributed by atoms with Crippen LogP contribution in [0.1, 0.15) is 41.9 Å². The highest BCUT2D eigenvalue weighted by Crippen LogP contribution is 2.30. The van der Waals surface area contributed by atoms with Crippen LogP contribution in [0.3, 0.4) is 0 Å². The van der Waals surface area contributed by atoms with Crippen molar-refractivity contribution in [2.24, 2.45) is 0 Å². The summed E-state index contributed by atoms with van der Waals surface area (Å²) in [7, 11) is 0. The molecule has 0 saturated carbocycles. The molecule has 4 rings (SSSR count). The molecule has 0 unspecified atom stereocenters. The third-order valence-electron chi connectivity index (χ3n) is 4.92. The van der Waals surface area contributed by atoms with Crippen molar-refractivity contribution in [1.82, 2.24) is 20.0 Å². The lowest BCUT2D eigenvalue weighted by molar-refractivity contribution is 0.0605. The Kier molecular flexibility index (Phi) is 4.66. The van der Waals surface area contributed by atoms with Gasteiger partial charge in [-0.05, 0) is 44.0 Å². The van der Waals surface area contributed by atoms with Crippen LogP contribution in [0.15, 0.2) is 53.2 Å². The smallest absolute Gasteiger partial charge is 0.276 e. The summed E-state index contributed by atoms with van der Waals surface area (Å²) in [5, 5.41) is 4.07. The molecule has 2 aromatic heterocycles. The number of hydrogen-bond donors (Lipinski definition) is 0. The highest BCUT2D eigenvalue weighted by Gasteiger charge is 2.32. The van der Waals surface area contributed by atoms with Crippen LogP contribution in [-0.2, 0) is 0 Å². The highest BCUT2D eigenvalue weighted by molar-refractivity contribution is 5.94. The number of benzene rings is 1. The fourth-order valence-electron chi connectivity index (χ4n) is 3.35. The van der Waals surface area contributed by atoms with Gasteiger partial charge in [-0.3, -0.25) is 4.79 Å². The van der Waals surface area contributed by atoms with Crippen LogP contribution in [-0.4, -0.2) is 38.5 Å². The third kappa shape index (κ3) is 3.58. The SMILES string of the molecule is C[C@@H]1CC[C@H](c2noc(-c3ccc(F)cn3)n2)CN1C(=O)c1ccccc1. The fourth-order valence-corrected chi connectivity index (χ4v) is 3.35. The van der Waals surface area contributed by atoms with Crippen LogP contribution in [0.4, 0.5) is 4.39 Å². The number of carbonyl (C=O) groups excluding carboxylic acids is 1. The van der Waals surface area contributed by atoms with Gasteiger partial charge in [0.25, 0.3) is 11.8 Å². The van der Waals surface area contributed by atoms with Gasteiger partial charge in [0, 0.05) is 24.1 Å². The largest absolute Gasteiger partial charge is 0.335 e. The van der Waals surface area contributed by atoms with E-state index in [-0.39, 0.29) is 23.8 Å². The van der Waals surface area contributed by atoms with E-state index in [1.165, 1.54) is 12.1 Å². The molecule has 0 bridgehead atoms. The maximum absolute atomic E-state index is 13.0. The van der Waals surface area contributed by atoms with E-state index in [9.17, 15) is 9.18 Å². The predicted octanol–water partition coefficient (Wildman–Crippen LogP) is 3.68. The lowest BCUT2D eigenvalue weighted by Crippen LogP contribution is -2.45. The van der Waals surface area contributed by atoms with Crippen LogP contribution in [0, 0.1) is 5.82 Å². The van der Waals surface area contributed by atoms with E-state index in [4.69, 9.17) is 4.52 Å². The minimum absolute atomic E-state index is 0.00758. The third-order valence-corrected chi connectivity index (χ3v) is 4.92. The monoisotopic (exact) mass is 366 g/mol. The first kappa shape index (κ1) is 17.3. The minimum atomic E-state index is -0.421. The molecule has 138 valence electrons. The Bertz CT molecular complexity index is 927. The van der Waals surface area contributed by atoms with Gasteiger partial charge < -0.3 is 9.42 Å². The lowest BCUT2D eigenvalue weighted by atomic mass is 9.92. The Balaban J connectivity index is 1.53. The van der Waals surface area contributed by atoms with Crippen LogP contribution in [0.25, 0.3) is 11.6 Å². The number of amides is 1. The van der Waals surface area contributed by atoms with Crippen molar-refractivity contribution in [3.8, 4) is 11.6 Å². The summed E-state index contributed by atoms with van der Waals surface area (Å²) in [5.74, 6) is 0.386. The molecule has 27 heavy (non-hydrogen) atoms. The Morgan fingerprint density at radius 2 is 2.00 bits per heavy atom. The van der Waals surface area contributed by atoms with Gasteiger partial charge in [-0.1, -0.05) is 23.4 Å². The zero-order chi connectivity index (χ0) is 18.8. The van der Waals surface area contributed by atoms with Gasteiger partial charge in [0.05, 0.1) is 6.20 Å². The molecule has 1 saturated heterocycles. The molecule has 1 amide bonds. The summed E-state index contributed by atoms with van der Waals surface area (Å²) in [6.45, 7) is 2.59. The first-order chi connectivity index (χ1) is 13.1. The van der Waals surface area contributed by atoms with E-state index in [0.29, 0.717) is 23.6 Å². The van der Waals surface area contributed by atoms with Gasteiger partial charge in [0.15, 0.2) is 5.82 Å². The van der Waals surface area contributed by atoms with Crippen LogP contribution in [0.2, 0.25) is 0 Å². The van der Waals surface area contributed by atoms with Crippen LogP contribution in [0.5, 0.6) is 0 Å². The second-order valence-corrected chi connectivity index (χ2v) is 6.77. The molecular weight excluding hydrogens is 347 g/mol. The van der Waals surface area contributed by atoms with Crippen molar-refractivity contribution in [2.75, 3.05) is 6.54 Å². The Labute approximate surface area is 156 Å². The van der Waals surface area contributed by atoms with E-state index < -0.39 is 5.82 Å². The number of piperidine rings is 1. The molecule has 3 aromatic rings. The number of halogens is 1. The van der Waals surface area contributed by atoms with Gasteiger partial charge >= 0.3 is 0 Å².